The van der Waals surface area contributed by atoms with Crippen LogP contribution < -0.4 is 15.3 Å². The molecule has 0 saturated heterocycles. The highest BCUT2D eigenvalue weighted by atomic mass is 16.8. The van der Waals surface area contributed by atoms with Crippen LogP contribution in [-0.4, -0.2) is 40.5 Å². The van der Waals surface area contributed by atoms with Crippen molar-refractivity contribution in [1.29, 1.82) is 0 Å². The van der Waals surface area contributed by atoms with E-state index in [0.717, 1.165) is 0 Å². The van der Waals surface area contributed by atoms with Crippen LogP contribution in [0.5, 0.6) is 5.75 Å². The lowest BCUT2D eigenvalue weighted by Gasteiger charge is -2.24. The molecular formula is C19H28N2O8. The van der Waals surface area contributed by atoms with Gasteiger partial charge >= 0.3 is 18.0 Å². The highest BCUT2D eigenvalue weighted by Crippen LogP contribution is 2.16. The Labute approximate surface area is 169 Å². The average Bonchev–Trinajstić information content (AvgIpc) is 2.51. The molecule has 0 fully saturated rings. The molecule has 0 aromatic heterocycles. The predicted molar refractivity (Wildman–Crippen MR) is 101 cm³/mol. The lowest BCUT2D eigenvalue weighted by Crippen LogP contribution is -2.99. The first kappa shape index (κ1) is 24.3. The summed E-state index contributed by atoms with van der Waals surface area (Å²) in [6.07, 6.45) is -1.37. The van der Waals surface area contributed by atoms with E-state index in [4.69, 9.17) is 19.4 Å². The maximum atomic E-state index is 12.5. The minimum atomic E-state index is -1.36. The number of rotatable bonds is 6. The van der Waals surface area contributed by atoms with Crippen LogP contribution in [0.3, 0.4) is 0 Å². The molecule has 0 aliphatic carbocycles. The summed E-state index contributed by atoms with van der Waals surface area (Å²) in [5.41, 5.74) is -1.57. The first-order valence-electron chi connectivity index (χ1n) is 8.93. The molecule has 2 unspecified atom stereocenters. The van der Waals surface area contributed by atoms with Gasteiger partial charge in [0, 0.05) is 12.1 Å². The molecule has 0 spiro atoms. The normalized spacial score (nSPS) is 13.8. The van der Waals surface area contributed by atoms with Gasteiger partial charge in [0.15, 0.2) is 5.69 Å². The van der Waals surface area contributed by atoms with Crippen LogP contribution in [0.25, 0.3) is 0 Å². The van der Waals surface area contributed by atoms with Gasteiger partial charge in [-0.05, 0) is 53.7 Å². The largest absolute Gasteiger partial charge is 0.595 e. The van der Waals surface area contributed by atoms with Crippen molar-refractivity contribution in [3.8, 4) is 5.75 Å². The minimum absolute atomic E-state index is 0.0157. The highest BCUT2D eigenvalue weighted by molar-refractivity contribution is 5.87. The van der Waals surface area contributed by atoms with E-state index < -0.39 is 46.9 Å². The fourth-order valence-electron chi connectivity index (χ4n) is 2.05. The van der Waals surface area contributed by atoms with Crippen molar-refractivity contribution in [2.24, 2.45) is 0 Å². The van der Waals surface area contributed by atoms with Crippen molar-refractivity contribution in [2.45, 2.75) is 65.2 Å². The number of amides is 1. The molecule has 29 heavy (non-hydrogen) atoms. The molecule has 10 nitrogen and oxygen atoms in total. The van der Waals surface area contributed by atoms with Crippen LogP contribution in [0, 0.1) is 5.21 Å². The lowest BCUT2D eigenvalue weighted by molar-refractivity contribution is -0.991. The molecular weight excluding hydrogens is 384 g/mol. The number of quaternary nitrogens is 1. The molecule has 2 atom stereocenters. The van der Waals surface area contributed by atoms with Gasteiger partial charge in [-0.15, -0.1) is 0 Å². The summed E-state index contributed by atoms with van der Waals surface area (Å²) in [6.45, 7) is 9.96. The predicted octanol–water partition coefficient (Wildman–Crippen LogP) is 1.62. The van der Waals surface area contributed by atoms with E-state index in [1.165, 1.54) is 24.3 Å². The number of benzene rings is 1. The quantitative estimate of drug-likeness (QED) is 0.364. The Hall–Kier alpha value is -2.69. The Bertz CT molecular complexity index is 687. The smallest absolute Gasteiger partial charge is 0.408 e. The topological polar surface area (TPSA) is 139 Å². The van der Waals surface area contributed by atoms with Crippen LogP contribution in [0.4, 0.5) is 10.5 Å². The maximum Gasteiger partial charge on any atom is 0.408 e. The van der Waals surface area contributed by atoms with E-state index >= 15 is 0 Å². The summed E-state index contributed by atoms with van der Waals surface area (Å²) in [5.74, 6) is -1.58. The van der Waals surface area contributed by atoms with Crippen molar-refractivity contribution in [1.82, 2.24) is 5.32 Å². The minimum Gasteiger partial charge on any atom is -0.595 e. The summed E-state index contributed by atoms with van der Waals surface area (Å²) < 4.78 is 15.5. The van der Waals surface area contributed by atoms with Crippen molar-refractivity contribution >= 4 is 23.7 Å². The zero-order valence-corrected chi connectivity index (χ0v) is 17.4. The molecule has 0 heterocycles. The Morgan fingerprint density at radius 3 is 2.00 bits per heavy atom. The molecule has 0 radical (unpaired) electrons. The third-order valence-corrected chi connectivity index (χ3v) is 3.09. The first-order valence-corrected chi connectivity index (χ1v) is 8.93. The molecule has 1 rings (SSSR count). The first-order chi connectivity index (χ1) is 13.2. The van der Waals surface area contributed by atoms with Crippen molar-refractivity contribution in [3.05, 3.63) is 29.5 Å². The van der Waals surface area contributed by atoms with Gasteiger partial charge in [0.25, 0.3) is 0 Å². The third-order valence-electron chi connectivity index (χ3n) is 3.09. The number of hydrogen-bond acceptors (Lipinski definition) is 8. The number of esters is 2. The Morgan fingerprint density at radius 2 is 1.55 bits per heavy atom. The van der Waals surface area contributed by atoms with Gasteiger partial charge in [-0.1, -0.05) is 0 Å². The molecule has 1 amide bonds. The number of ether oxygens (including phenoxy) is 3. The fourth-order valence-corrected chi connectivity index (χ4v) is 2.05. The molecule has 10 heteroatoms. The van der Waals surface area contributed by atoms with Gasteiger partial charge < -0.3 is 24.7 Å². The zero-order chi connectivity index (χ0) is 22.4. The number of carbonyl (C=O) groups is 3. The van der Waals surface area contributed by atoms with E-state index in [9.17, 15) is 19.6 Å². The second-order valence-corrected chi connectivity index (χ2v) is 8.24. The highest BCUT2D eigenvalue weighted by Gasteiger charge is 2.30. The fraction of sp³-hybridized carbons (Fsp3) is 0.526. The Kier molecular flexibility index (Phi) is 8.13. The van der Waals surface area contributed by atoms with Crippen LogP contribution in [0.1, 0.15) is 48.0 Å². The summed E-state index contributed by atoms with van der Waals surface area (Å²) in [6, 6.07) is 3.74. The second-order valence-electron chi connectivity index (χ2n) is 8.24. The summed E-state index contributed by atoms with van der Waals surface area (Å²) in [7, 11) is 0. The van der Waals surface area contributed by atoms with Crippen LogP contribution in [-0.2, 0) is 19.1 Å². The SMILES string of the molecule is CC(C)(C)OC(=O)CC(NC(=O)OC(C)(C)C)C(=O)Oc1ccc([NH+]([O-])O)cc1. The Morgan fingerprint density at radius 1 is 1.03 bits per heavy atom. The van der Waals surface area contributed by atoms with E-state index in [0.29, 0.717) is 0 Å². The summed E-state index contributed by atoms with van der Waals surface area (Å²) in [4.78, 5) is 36.7. The molecule has 162 valence electrons. The lowest BCUT2D eigenvalue weighted by atomic mass is 10.1. The molecule has 0 bridgehead atoms. The monoisotopic (exact) mass is 412 g/mol. The second kappa shape index (κ2) is 9.68. The van der Waals surface area contributed by atoms with Crippen LogP contribution in [0.2, 0.25) is 0 Å². The summed E-state index contributed by atoms with van der Waals surface area (Å²) in [5, 5.41) is 21.0. The average molecular weight is 412 g/mol. The molecule has 0 aliphatic heterocycles. The number of hydrogen-bond donors (Lipinski definition) is 3. The van der Waals surface area contributed by atoms with Gasteiger partial charge in [-0.2, -0.15) is 5.23 Å². The van der Waals surface area contributed by atoms with Gasteiger partial charge in [0.05, 0.1) is 6.42 Å². The standard InChI is InChI=1S/C19H28N2O8/c1-18(2,3)28-15(22)11-14(20-17(24)29-19(4,5)6)16(23)27-13-9-7-12(8-10-13)21(25)26/h7-10,14,21,25H,11H2,1-6H3,(H,20,24). The number of carbonyl (C=O) groups excluding carboxylic acids is 3. The van der Waals surface area contributed by atoms with Crippen molar-refractivity contribution in [2.75, 3.05) is 0 Å². The van der Waals surface area contributed by atoms with Crippen LogP contribution in [0.15, 0.2) is 24.3 Å². The van der Waals surface area contributed by atoms with E-state index in [2.05, 4.69) is 5.32 Å². The third kappa shape index (κ3) is 9.88. The van der Waals surface area contributed by atoms with E-state index in [-0.39, 0.29) is 11.4 Å². The summed E-state index contributed by atoms with van der Waals surface area (Å²) >= 11 is 0. The van der Waals surface area contributed by atoms with Gasteiger partial charge in [-0.25, -0.2) is 14.8 Å². The molecule has 1 aromatic carbocycles. The zero-order valence-electron chi connectivity index (χ0n) is 17.4. The van der Waals surface area contributed by atoms with Crippen molar-refractivity contribution in [3.63, 3.8) is 0 Å². The maximum absolute atomic E-state index is 12.5. The van der Waals surface area contributed by atoms with Gasteiger partial charge in [-0.3, -0.25) is 4.79 Å². The van der Waals surface area contributed by atoms with Crippen LogP contribution >= 0.6 is 0 Å². The van der Waals surface area contributed by atoms with Crippen molar-refractivity contribution < 1.29 is 39.0 Å². The Balaban J connectivity index is 2.91. The number of alkyl carbamates (subject to hydrolysis) is 1. The van der Waals surface area contributed by atoms with E-state index in [1.807, 2.05) is 0 Å². The molecule has 0 saturated carbocycles. The van der Waals surface area contributed by atoms with Gasteiger partial charge in [0.1, 0.15) is 23.0 Å². The van der Waals surface area contributed by atoms with E-state index in [1.54, 1.807) is 41.5 Å². The molecule has 3 N–H and O–H groups in total. The molecule has 1 aromatic rings. The van der Waals surface area contributed by atoms with Gasteiger partial charge in [0.2, 0.25) is 0 Å². The molecule has 0 aliphatic rings. The number of nitrogens with one attached hydrogen (secondary N) is 2.